The van der Waals surface area contributed by atoms with E-state index in [4.69, 9.17) is 0 Å². The molecule has 0 saturated carbocycles. The van der Waals surface area contributed by atoms with Gasteiger partial charge in [0, 0.05) is 26.3 Å². The van der Waals surface area contributed by atoms with Gasteiger partial charge in [0.2, 0.25) is 0 Å². The monoisotopic (exact) mass is 575 g/mol. The Morgan fingerprint density at radius 1 is 0.484 bits per heavy atom. The van der Waals surface area contributed by atoms with E-state index < -0.39 is 0 Å². The summed E-state index contributed by atoms with van der Waals surface area (Å²) < 4.78 is 0. The number of pyridine rings is 1. The first-order valence-electron chi connectivity index (χ1n) is 10.1. The molecule has 1 radical (unpaired) electrons. The summed E-state index contributed by atoms with van der Waals surface area (Å²) in [5.74, 6) is 0. The van der Waals surface area contributed by atoms with Crippen LogP contribution < -0.4 is 0 Å². The zero-order valence-corrected chi connectivity index (χ0v) is 19.2. The third kappa shape index (κ3) is 4.72. The van der Waals surface area contributed by atoms with Gasteiger partial charge in [-0.1, -0.05) is 72.8 Å². The van der Waals surface area contributed by atoms with Crippen LogP contribution >= 0.6 is 0 Å². The quantitative estimate of drug-likeness (QED) is 0.202. The average Bonchev–Trinajstić information content (AvgIpc) is 2.85. The zero-order valence-electron chi connectivity index (χ0n) is 16.8. The van der Waals surface area contributed by atoms with Crippen molar-refractivity contribution in [2.75, 3.05) is 0 Å². The Kier molecular flexibility index (Phi) is 6.52. The predicted octanol–water partition coefficient (Wildman–Crippen LogP) is 7.55. The van der Waals surface area contributed by atoms with Gasteiger partial charge in [0.25, 0.3) is 0 Å². The first kappa shape index (κ1) is 20.9. The summed E-state index contributed by atoms with van der Waals surface area (Å²) >= 11 is 0. The van der Waals surface area contributed by atoms with Crippen LogP contribution in [0.4, 0.5) is 0 Å². The minimum Gasteiger partial charge on any atom is -0.305 e. The third-order valence-corrected chi connectivity index (χ3v) is 5.22. The summed E-state index contributed by atoms with van der Waals surface area (Å²) in [6, 6.07) is 43.4. The molecule has 0 N–H and O–H groups in total. The summed E-state index contributed by atoms with van der Waals surface area (Å²) in [6.07, 6.45) is 1.82. The van der Waals surface area contributed by atoms with Crippen molar-refractivity contribution in [1.29, 1.82) is 0 Å². The minimum atomic E-state index is 0. The molecule has 2 heteroatoms. The van der Waals surface area contributed by atoms with Gasteiger partial charge in [0.1, 0.15) is 0 Å². The molecule has 0 bridgehead atoms. The van der Waals surface area contributed by atoms with Crippen molar-refractivity contribution in [2.45, 2.75) is 0 Å². The first-order valence-corrected chi connectivity index (χ1v) is 10.1. The van der Waals surface area contributed by atoms with Crippen molar-refractivity contribution in [3.8, 4) is 44.6 Å². The molecule has 5 aromatic rings. The van der Waals surface area contributed by atoms with Crippen LogP contribution in [-0.4, -0.2) is 4.98 Å². The van der Waals surface area contributed by atoms with Crippen molar-refractivity contribution in [1.82, 2.24) is 4.98 Å². The minimum absolute atomic E-state index is 0. The third-order valence-electron chi connectivity index (χ3n) is 5.22. The number of hydrogen-bond donors (Lipinski definition) is 0. The largest absolute Gasteiger partial charge is 0.305 e. The van der Waals surface area contributed by atoms with Crippen LogP contribution in [0.3, 0.4) is 0 Å². The van der Waals surface area contributed by atoms with Crippen LogP contribution in [0.5, 0.6) is 0 Å². The molecule has 0 unspecified atom stereocenters. The van der Waals surface area contributed by atoms with Gasteiger partial charge in [-0.25, -0.2) is 0 Å². The molecule has 0 aliphatic rings. The van der Waals surface area contributed by atoms with E-state index in [1.807, 2.05) is 30.5 Å². The van der Waals surface area contributed by atoms with E-state index in [-0.39, 0.29) is 20.1 Å². The molecule has 151 valence electrons. The molecule has 31 heavy (non-hydrogen) atoms. The fraction of sp³-hybridized carbons (Fsp3) is 0. The molecule has 0 aliphatic carbocycles. The van der Waals surface area contributed by atoms with Gasteiger partial charge < -0.3 is 4.98 Å². The molecule has 1 aromatic heterocycles. The van der Waals surface area contributed by atoms with E-state index in [0.717, 1.165) is 16.8 Å². The Bertz CT molecular complexity index is 1210. The van der Waals surface area contributed by atoms with Gasteiger partial charge in [-0.2, -0.15) is 0 Å². The van der Waals surface area contributed by atoms with Gasteiger partial charge >= 0.3 is 0 Å². The number of aromatic nitrogens is 1. The second-order valence-corrected chi connectivity index (χ2v) is 7.24. The fourth-order valence-electron chi connectivity index (χ4n) is 3.70. The van der Waals surface area contributed by atoms with Crippen LogP contribution in [0.15, 0.2) is 121 Å². The topological polar surface area (TPSA) is 12.9 Å². The maximum atomic E-state index is 4.48. The molecule has 0 atom stereocenters. The molecule has 5 rings (SSSR count). The Morgan fingerprint density at radius 3 is 1.58 bits per heavy atom. The Balaban J connectivity index is 0.00000231. The first-order chi connectivity index (χ1) is 14.9. The van der Waals surface area contributed by atoms with Crippen LogP contribution in [0, 0.1) is 6.07 Å². The van der Waals surface area contributed by atoms with Gasteiger partial charge in [0.15, 0.2) is 0 Å². The normalized spacial score (nSPS) is 10.3. The summed E-state index contributed by atoms with van der Waals surface area (Å²) in [4.78, 5) is 4.48. The van der Waals surface area contributed by atoms with Crippen LogP contribution in [-0.2, 0) is 20.1 Å². The fourth-order valence-corrected chi connectivity index (χ4v) is 3.70. The zero-order chi connectivity index (χ0) is 20.2. The van der Waals surface area contributed by atoms with E-state index >= 15 is 0 Å². The second-order valence-electron chi connectivity index (χ2n) is 7.24. The summed E-state index contributed by atoms with van der Waals surface area (Å²) in [7, 11) is 0. The van der Waals surface area contributed by atoms with Gasteiger partial charge in [-0.15, -0.1) is 35.4 Å². The second kappa shape index (κ2) is 9.66. The maximum absolute atomic E-state index is 4.48. The van der Waals surface area contributed by atoms with Crippen LogP contribution in [0.1, 0.15) is 0 Å². The molecule has 0 amide bonds. The molecule has 1 nitrogen and oxygen atoms in total. The number of rotatable bonds is 4. The van der Waals surface area contributed by atoms with Crippen molar-refractivity contribution >= 4 is 0 Å². The molecule has 0 spiro atoms. The Labute approximate surface area is 196 Å². The van der Waals surface area contributed by atoms with Gasteiger partial charge in [-0.05, 0) is 57.8 Å². The molecule has 0 fully saturated rings. The van der Waals surface area contributed by atoms with Crippen LogP contribution in [0.25, 0.3) is 44.6 Å². The summed E-state index contributed by atoms with van der Waals surface area (Å²) in [6.45, 7) is 0. The van der Waals surface area contributed by atoms with Gasteiger partial charge in [-0.3, -0.25) is 0 Å². The smallest absolute Gasteiger partial charge is 0.0160 e. The SMILES string of the molecule is [Ir].[c-]1ccc(-c2cc(-c3ccccc3)cc(-c3ccccc3)c2)cc1-c1ccccn1. The van der Waals surface area contributed by atoms with Crippen molar-refractivity contribution in [3.63, 3.8) is 0 Å². The van der Waals surface area contributed by atoms with Crippen molar-refractivity contribution in [2.24, 2.45) is 0 Å². The van der Waals surface area contributed by atoms with Gasteiger partial charge in [0.05, 0.1) is 0 Å². The molecule has 0 aliphatic heterocycles. The van der Waals surface area contributed by atoms with Crippen LogP contribution in [0.2, 0.25) is 0 Å². The maximum Gasteiger partial charge on any atom is 0.0160 e. The molecule has 1 heterocycles. The Hall–Kier alpha value is -3.32. The van der Waals surface area contributed by atoms with Crippen molar-refractivity contribution < 1.29 is 20.1 Å². The average molecular weight is 575 g/mol. The predicted molar refractivity (Wildman–Crippen MR) is 125 cm³/mol. The molecular formula is C29H20IrN-. The summed E-state index contributed by atoms with van der Waals surface area (Å²) in [5.41, 5.74) is 9.11. The van der Waals surface area contributed by atoms with E-state index in [1.54, 1.807) is 0 Å². The molecule has 0 saturated heterocycles. The van der Waals surface area contributed by atoms with E-state index in [9.17, 15) is 0 Å². The number of benzene rings is 4. The van der Waals surface area contributed by atoms with Crippen molar-refractivity contribution in [3.05, 3.63) is 128 Å². The molecular weight excluding hydrogens is 555 g/mol. The van der Waals surface area contributed by atoms with E-state index in [0.29, 0.717) is 0 Å². The molecule has 4 aromatic carbocycles. The van der Waals surface area contributed by atoms with E-state index in [1.165, 1.54) is 27.8 Å². The standard InChI is InChI=1S/C29H20N.Ir/c1-3-10-22(11-4-1)26-19-27(23-12-5-2-6-13-23)21-28(20-26)24-14-9-15-25(18-24)29-16-7-8-17-30-29;/h1-14,16-21H;/q-1;. The number of nitrogens with zero attached hydrogens (tertiary/aromatic N) is 1. The summed E-state index contributed by atoms with van der Waals surface area (Å²) in [5, 5.41) is 0. The Morgan fingerprint density at radius 2 is 1.03 bits per heavy atom. The number of hydrogen-bond acceptors (Lipinski definition) is 1. The van der Waals surface area contributed by atoms with E-state index in [2.05, 4.69) is 102 Å².